The van der Waals surface area contributed by atoms with Gasteiger partial charge in [0, 0.05) is 35.4 Å². The molecule has 0 spiro atoms. The van der Waals surface area contributed by atoms with Gasteiger partial charge in [0.05, 0.1) is 13.2 Å². The number of alkyl halides is 4. The van der Waals surface area contributed by atoms with Gasteiger partial charge in [-0.1, -0.05) is 90.2 Å². The molecule has 0 atom stereocenters. The van der Waals surface area contributed by atoms with E-state index in [-0.39, 0.29) is 82.4 Å². The van der Waals surface area contributed by atoms with Gasteiger partial charge < -0.3 is 18.9 Å². The van der Waals surface area contributed by atoms with E-state index < -0.39 is 93.0 Å². The summed E-state index contributed by atoms with van der Waals surface area (Å²) in [4.78, 5) is 0. The topological polar surface area (TPSA) is 36.9 Å². The molecular weight excluding hydrogens is 979 g/mol. The third-order valence-electron chi connectivity index (χ3n) is 11.5. The number of halogens is 14. The van der Waals surface area contributed by atoms with Crippen molar-refractivity contribution in [3.05, 3.63) is 154 Å². The van der Waals surface area contributed by atoms with Crippen LogP contribution in [0.1, 0.15) is 102 Å². The van der Waals surface area contributed by atoms with Crippen molar-refractivity contribution in [1.82, 2.24) is 0 Å². The monoisotopic (exact) mass is 1030 g/mol. The molecule has 386 valence electrons. The van der Waals surface area contributed by atoms with E-state index in [2.05, 4.69) is 23.3 Å². The Bertz CT molecular complexity index is 2550. The highest BCUT2D eigenvalue weighted by atomic mass is 19.3. The van der Waals surface area contributed by atoms with E-state index >= 15 is 35.1 Å². The Morgan fingerprint density at radius 1 is 0.347 bits per heavy atom. The summed E-state index contributed by atoms with van der Waals surface area (Å²) < 4.78 is 227. The predicted octanol–water partition coefficient (Wildman–Crippen LogP) is 17.8. The first-order chi connectivity index (χ1) is 34.2. The number of unbranched alkanes of at least 4 members (excludes halogenated alkanes) is 10. The minimum absolute atomic E-state index is 0.00467. The molecule has 0 unspecified atom stereocenters. The number of hydrogen-bond acceptors (Lipinski definition) is 4. The fourth-order valence-corrected chi connectivity index (χ4v) is 7.84. The summed E-state index contributed by atoms with van der Waals surface area (Å²) in [5, 5.41) is 0. The van der Waals surface area contributed by atoms with Crippen molar-refractivity contribution in [2.24, 2.45) is 0 Å². The van der Waals surface area contributed by atoms with Crippen LogP contribution in [0.5, 0.6) is 23.0 Å². The Labute approximate surface area is 406 Å². The average Bonchev–Trinajstić information content (AvgIpc) is 3.31. The van der Waals surface area contributed by atoms with Gasteiger partial charge in [0.25, 0.3) is 0 Å². The number of rotatable bonds is 25. The molecule has 0 aliphatic carbocycles. The predicted molar refractivity (Wildman–Crippen MR) is 242 cm³/mol. The van der Waals surface area contributed by atoms with Crippen LogP contribution in [0.15, 0.2) is 84.9 Å². The van der Waals surface area contributed by atoms with Crippen LogP contribution in [0.2, 0.25) is 0 Å². The van der Waals surface area contributed by atoms with Gasteiger partial charge in [0.2, 0.25) is 0 Å². The molecule has 0 amide bonds. The largest absolute Gasteiger partial charge is 0.493 e. The lowest BCUT2D eigenvalue weighted by Gasteiger charge is -2.21. The molecule has 0 heterocycles. The van der Waals surface area contributed by atoms with Gasteiger partial charge in [0.15, 0.2) is 34.9 Å². The van der Waals surface area contributed by atoms with Gasteiger partial charge in [-0.3, -0.25) is 0 Å². The van der Waals surface area contributed by atoms with E-state index in [1.54, 1.807) is 0 Å². The quantitative estimate of drug-likeness (QED) is 0.0325. The van der Waals surface area contributed by atoms with Crippen molar-refractivity contribution in [1.29, 1.82) is 0 Å². The molecule has 6 rings (SSSR count). The molecular formula is C54H48F14O4. The highest BCUT2D eigenvalue weighted by Crippen LogP contribution is 2.45. The SMILES string of the molecule is CCCCCCCCOc1ccc(-c2cc(F)c(C(F)(F)Oc3cc(F)c(F)c(F)c3)c(F)c2)cc1-c1cc(-c2cc(F)c(C(F)(F)Oc3cc(F)c(F)c(F)c3)c(F)c2)ccc1OCCCCCCCC. The fraction of sp³-hybridized carbons (Fsp3) is 0.333. The first-order valence-electron chi connectivity index (χ1n) is 23.2. The van der Waals surface area contributed by atoms with Crippen molar-refractivity contribution < 1.29 is 80.4 Å². The van der Waals surface area contributed by atoms with Crippen LogP contribution in [-0.2, 0) is 12.2 Å². The molecule has 0 radical (unpaired) electrons. The molecule has 18 heteroatoms. The molecule has 0 aliphatic heterocycles. The van der Waals surface area contributed by atoms with Crippen molar-refractivity contribution in [2.75, 3.05) is 13.2 Å². The molecule has 0 aliphatic rings. The smallest absolute Gasteiger partial charge is 0.432 e. The standard InChI is InChI=1S/C54H48F14O4/c1-3-5-7-9-11-13-19-69-47-17-15-31(33-23-39(55)49(40(56)24-33)53(65,66)71-35-27-43(59)51(63)44(60)28-35)21-37(47)38-22-32(16-18-48(38)70-20-14-12-10-8-6-4-2)34-25-41(57)50(42(58)26-34)54(67,68)72-36-29-45(61)52(64)46(62)30-36/h15-18,21-30H,3-14,19-20H2,1-2H3. The third kappa shape index (κ3) is 13.5. The van der Waals surface area contributed by atoms with Crippen LogP contribution >= 0.6 is 0 Å². The number of benzene rings is 6. The van der Waals surface area contributed by atoms with Gasteiger partial charge in [-0.15, -0.1) is 0 Å². The fourth-order valence-electron chi connectivity index (χ4n) is 7.84. The summed E-state index contributed by atoms with van der Waals surface area (Å²) in [6.45, 7) is 4.49. The summed E-state index contributed by atoms with van der Waals surface area (Å²) in [5.41, 5.74) is -4.18. The normalized spacial score (nSPS) is 11.8. The van der Waals surface area contributed by atoms with Crippen molar-refractivity contribution in [3.8, 4) is 56.4 Å². The minimum atomic E-state index is -4.88. The van der Waals surface area contributed by atoms with E-state index in [0.717, 1.165) is 64.2 Å². The van der Waals surface area contributed by atoms with E-state index in [1.165, 1.54) is 36.4 Å². The molecule has 72 heavy (non-hydrogen) atoms. The van der Waals surface area contributed by atoms with Crippen LogP contribution in [0.4, 0.5) is 61.5 Å². The van der Waals surface area contributed by atoms with Gasteiger partial charge in [-0.05, 0) is 83.6 Å². The maximum absolute atomic E-state index is 15.7. The Balaban J connectivity index is 1.42. The lowest BCUT2D eigenvalue weighted by molar-refractivity contribution is -0.190. The summed E-state index contributed by atoms with van der Waals surface area (Å²) in [7, 11) is 0. The van der Waals surface area contributed by atoms with Crippen LogP contribution < -0.4 is 18.9 Å². The highest BCUT2D eigenvalue weighted by Gasteiger charge is 2.43. The zero-order chi connectivity index (χ0) is 52.3. The lowest BCUT2D eigenvalue weighted by Crippen LogP contribution is -2.25. The second-order valence-electron chi connectivity index (χ2n) is 16.9. The average molecular weight is 1030 g/mol. The molecule has 0 aromatic heterocycles. The molecule has 6 aromatic rings. The van der Waals surface area contributed by atoms with E-state index in [1.807, 2.05) is 0 Å². The Morgan fingerprint density at radius 2 is 0.653 bits per heavy atom. The zero-order valence-corrected chi connectivity index (χ0v) is 38.9. The second-order valence-corrected chi connectivity index (χ2v) is 16.9. The number of ether oxygens (including phenoxy) is 4. The molecule has 0 fully saturated rings. The van der Waals surface area contributed by atoms with E-state index in [9.17, 15) is 26.3 Å². The van der Waals surface area contributed by atoms with Gasteiger partial charge in [0.1, 0.15) is 57.4 Å². The first-order valence-corrected chi connectivity index (χ1v) is 23.2. The number of hydrogen-bond donors (Lipinski definition) is 0. The van der Waals surface area contributed by atoms with Crippen molar-refractivity contribution >= 4 is 0 Å². The minimum Gasteiger partial charge on any atom is -0.493 e. The highest BCUT2D eigenvalue weighted by molar-refractivity contribution is 5.84. The van der Waals surface area contributed by atoms with Gasteiger partial charge in [-0.2, -0.15) is 17.6 Å². The molecule has 0 bridgehead atoms. The van der Waals surface area contributed by atoms with Crippen LogP contribution in [0.25, 0.3) is 33.4 Å². The summed E-state index contributed by atoms with van der Waals surface area (Å²) in [6.07, 6.45) is 0.986. The van der Waals surface area contributed by atoms with Crippen LogP contribution in [-0.4, -0.2) is 13.2 Å². The molecule has 0 N–H and O–H groups in total. The zero-order valence-electron chi connectivity index (χ0n) is 38.9. The van der Waals surface area contributed by atoms with E-state index in [4.69, 9.17) is 9.47 Å². The van der Waals surface area contributed by atoms with Gasteiger partial charge >= 0.3 is 12.2 Å². The second kappa shape index (κ2) is 24.3. The lowest BCUT2D eigenvalue weighted by atomic mass is 9.93. The molecule has 0 saturated heterocycles. The van der Waals surface area contributed by atoms with Crippen molar-refractivity contribution in [2.45, 2.75) is 103 Å². The van der Waals surface area contributed by atoms with E-state index in [0.29, 0.717) is 37.1 Å². The summed E-state index contributed by atoms with van der Waals surface area (Å²) >= 11 is 0. The maximum atomic E-state index is 15.7. The Morgan fingerprint density at radius 3 is 0.972 bits per heavy atom. The Hall–Kier alpha value is -6.46. The third-order valence-corrected chi connectivity index (χ3v) is 11.5. The summed E-state index contributed by atoms with van der Waals surface area (Å²) in [5.74, 6) is -21.2. The van der Waals surface area contributed by atoms with Crippen LogP contribution in [0, 0.1) is 58.2 Å². The first kappa shape index (κ1) is 54.9. The molecule has 4 nitrogen and oxygen atoms in total. The summed E-state index contributed by atoms with van der Waals surface area (Å²) in [6, 6.07) is 10.8. The maximum Gasteiger partial charge on any atom is 0.432 e. The Kier molecular flexibility index (Phi) is 18.5. The van der Waals surface area contributed by atoms with Crippen LogP contribution in [0.3, 0.4) is 0 Å². The van der Waals surface area contributed by atoms with Gasteiger partial charge in [-0.25, -0.2) is 43.9 Å². The molecule has 0 saturated carbocycles. The molecule has 6 aromatic carbocycles. The van der Waals surface area contributed by atoms with Crippen molar-refractivity contribution in [3.63, 3.8) is 0 Å².